The van der Waals surface area contributed by atoms with Gasteiger partial charge in [-0.2, -0.15) is 5.10 Å². The maximum absolute atomic E-state index is 13.2. The molecule has 0 unspecified atom stereocenters. The number of aromatic nitrogens is 2. The molecular weight excluding hydrogens is 243 g/mol. The van der Waals surface area contributed by atoms with Crippen LogP contribution in [0.3, 0.4) is 0 Å². The molecule has 0 fully saturated rings. The Morgan fingerprint density at radius 3 is 2.94 bits per heavy atom. The summed E-state index contributed by atoms with van der Waals surface area (Å²) in [5.41, 5.74) is 0.980. The van der Waals surface area contributed by atoms with Crippen molar-refractivity contribution in [3.8, 4) is 0 Å². The van der Waals surface area contributed by atoms with E-state index in [4.69, 9.17) is 11.6 Å². The quantitative estimate of drug-likeness (QED) is 0.787. The van der Waals surface area contributed by atoms with E-state index >= 15 is 0 Å². The number of Topliss-reactive ketones (excluding diaryl/α,β-unsaturated/α-hetero) is 1. The Labute approximate surface area is 103 Å². The number of nitrogens with zero attached hydrogens (tertiary/aromatic N) is 2. The van der Waals surface area contributed by atoms with Crippen LogP contribution in [0.25, 0.3) is 0 Å². The predicted octanol–water partition coefficient (Wildman–Crippen LogP) is 2.64. The van der Waals surface area contributed by atoms with E-state index in [1.807, 2.05) is 0 Å². The van der Waals surface area contributed by atoms with E-state index in [0.717, 1.165) is 0 Å². The number of ketones is 1. The van der Waals surface area contributed by atoms with Crippen molar-refractivity contribution in [2.75, 3.05) is 0 Å². The van der Waals surface area contributed by atoms with Crippen molar-refractivity contribution < 1.29 is 9.18 Å². The molecule has 2 aromatic rings. The van der Waals surface area contributed by atoms with Gasteiger partial charge in [-0.15, -0.1) is 0 Å². The van der Waals surface area contributed by atoms with Crippen molar-refractivity contribution in [3.05, 3.63) is 52.6 Å². The fourth-order valence-electron chi connectivity index (χ4n) is 1.53. The van der Waals surface area contributed by atoms with Crippen molar-refractivity contribution >= 4 is 17.4 Å². The number of aryl methyl sites for hydroxylation is 1. The molecule has 0 radical (unpaired) electrons. The molecule has 0 saturated heterocycles. The van der Waals surface area contributed by atoms with Gasteiger partial charge in [0, 0.05) is 19.7 Å². The van der Waals surface area contributed by atoms with Crippen LogP contribution in [0.5, 0.6) is 0 Å². The second kappa shape index (κ2) is 4.67. The molecule has 0 N–H and O–H groups in total. The second-order valence-corrected chi connectivity index (χ2v) is 4.09. The molecule has 0 spiro atoms. The highest BCUT2D eigenvalue weighted by molar-refractivity contribution is 6.31. The maximum Gasteiger partial charge on any atom is 0.170 e. The van der Waals surface area contributed by atoms with Crippen LogP contribution in [-0.4, -0.2) is 15.6 Å². The predicted molar refractivity (Wildman–Crippen MR) is 62.7 cm³/mol. The van der Waals surface area contributed by atoms with Crippen LogP contribution in [-0.2, 0) is 13.5 Å². The van der Waals surface area contributed by atoms with Crippen molar-refractivity contribution in [1.29, 1.82) is 0 Å². The Kier molecular flexibility index (Phi) is 3.24. The summed E-state index contributed by atoms with van der Waals surface area (Å²) in [6, 6.07) is 4.44. The molecule has 0 aliphatic carbocycles. The van der Waals surface area contributed by atoms with Crippen molar-refractivity contribution in [2.24, 2.45) is 7.05 Å². The van der Waals surface area contributed by atoms with Crippen LogP contribution < -0.4 is 0 Å². The summed E-state index contributed by atoms with van der Waals surface area (Å²) in [5, 5.41) is 3.91. The average Bonchev–Trinajstić information content (AvgIpc) is 2.72. The Hall–Kier alpha value is -1.68. The molecule has 0 aliphatic rings. The lowest BCUT2D eigenvalue weighted by molar-refractivity contribution is 0.0993. The number of rotatable bonds is 3. The van der Waals surface area contributed by atoms with E-state index in [2.05, 4.69) is 5.10 Å². The van der Waals surface area contributed by atoms with Crippen molar-refractivity contribution in [3.63, 3.8) is 0 Å². The molecule has 0 aliphatic heterocycles. The Balaban J connectivity index is 2.21. The van der Waals surface area contributed by atoms with E-state index in [-0.39, 0.29) is 17.2 Å². The smallest absolute Gasteiger partial charge is 0.170 e. The highest BCUT2D eigenvalue weighted by atomic mass is 35.5. The van der Waals surface area contributed by atoms with Crippen LogP contribution in [0.15, 0.2) is 30.6 Å². The molecule has 17 heavy (non-hydrogen) atoms. The van der Waals surface area contributed by atoms with Crippen LogP contribution in [0, 0.1) is 5.82 Å². The van der Waals surface area contributed by atoms with Crippen LogP contribution >= 0.6 is 11.6 Å². The first kappa shape index (κ1) is 11.8. The Morgan fingerprint density at radius 2 is 2.29 bits per heavy atom. The van der Waals surface area contributed by atoms with Gasteiger partial charge in [0.05, 0.1) is 16.8 Å². The molecule has 5 heteroatoms. The first-order chi connectivity index (χ1) is 8.08. The summed E-state index contributed by atoms with van der Waals surface area (Å²) in [4.78, 5) is 11.9. The van der Waals surface area contributed by atoms with E-state index in [9.17, 15) is 9.18 Å². The summed E-state index contributed by atoms with van der Waals surface area (Å²) in [6.45, 7) is 0. The third-order valence-corrected chi connectivity index (χ3v) is 2.83. The van der Waals surface area contributed by atoms with Gasteiger partial charge in [-0.05, 0) is 11.6 Å². The van der Waals surface area contributed by atoms with Gasteiger partial charge < -0.3 is 0 Å². The van der Waals surface area contributed by atoms with Crippen LogP contribution in [0.1, 0.15) is 15.9 Å². The molecule has 1 heterocycles. The third kappa shape index (κ3) is 2.53. The molecule has 1 aromatic carbocycles. The molecule has 88 valence electrons. The molecule has 0 bridgehead atoms. The Bertz CT molecular complexity index is 565. The molecule has 3 nitrogen and oxygen atoms in total. The van der Waals surface area contributed by atoms with Gasteiger partial charge >= 0.3 is 0 Å². The summed E-state index contributed by atoms with van der Waals surface area (Å²) >= 11 is 5.78. The lowest BCUT2D eigenvalue weighted by Gasteiger charge is -2.03. The zero-order valence-electron chi connectivity index (χ0n) is 9.15. The van der Waals surface area contributed by atoms with Crippen LogP contribution in [0.4, 0.5) is 4.39 Å². The first-order valence-corrected chi connectivity index (χ1v) is 5.40. The normalized spacial score (nSPS) is 10.5. The molecular formula is C12H10ClFN2O. The number of hydrogen-bond acceptors (Lipinski definition) is 2. The molecule has 0 atom stereocenters. The highest BCUT2D eigenvalue weighted by Crippen LogP contribution is 2.21. The summed E-state index contributed by atoms with van der Waals surface area (Å²) in [6.07, 6.45) is 3.17. The average molecular weight is 253 g/mol. The zero-order chi connectivity index (χ0) is 12.4. The number of hydrogen-bond donors (Lipinski definition) is 0. The van der Waals surface area contributed by atoms with Gasteiger partial charge in [0.1, 0.15) is 5.82 Å². The van der Waals surface area contributed by atoms with Gasteiger partial charge in [0.15, 0.2) is 5.78 Å². The second-order valence-electron chi connectivity index (χ2n) is 3.72. The summed E-state index contributed by atoms with van der Waals surface area (Å²) in [5.74, 6) is -0.645. The van der Waals surface area contributed by atoms with Gasteiger partial charge in [-0.1, -0.05) is 23.7 Å². The lowest BCUT2D eigenvalue weighted by atomic mass is 10.1. The maximum atomic E-state index is 13.2. The number of benzene rings is 1. The standard InChI is InChI=1S/C12H10ClFN2O/c1-16-7-9(6-15-16)11(17)5-8-3-2-4-10(14)12(8)13/h2-4,6-7H,5H2,1H3. The summed E-state index contributed by atoms with van der Waals surface area (Å²) in [7, 11) is 1.73. The highest BCUT2D eigenvalue weighted by Gasteiger charge is 2.13. The van der Waals surface area contributed by atoms with Gasteiger partial charge in [-0.3, -0.25) is 9.48 Å². The summed E-state index contributed by atoms with van der Waals surface area (Å²) < 4.78 is 14.7. The Morgan fingerprint density at radius 1 is 1.53 bits per heavy atom. The SMILES string of the molecule is Cn1cc(C(=O)Cc2cccc(F)c2Cl)cn1. The minimum Gasteiger partial charge on any atom is -0.294 e. The molecule has 0 amide bonds. The topological polar surface area (TPSA) is 34.9 Å². The van der Waals surface area contributed by atoms with Crippen molar-refractivity contribution in [1.82, 2.24) is 9.78 Å². The minimum atomic E-state index is -0.511. The van der Waals surface area contributed by atoms with E-state index in [0.29, 0.717) is 11.1 Å². The van der Waals surface area contributed by atoms with E-state index in [1.54, 1.807) is 24.0 Å². The van der Waals surface area contributed by atoms with E-state index in [1.165, 1.54) is 18.3 Å². The number of carbonyl (C=O) groups is 1. The fraction of sp³-hybridized carbons (Fsp3) is 0.167. The van der Waals surface area contributed by atoms with E-state index < -0.39 is 5.82 Å². The largest absolute Gasteiger partial charge is 0.294 e. The monoisotopic (exact) mass is 252 g/mol. The first-order valence-electron chi connectivity index (χ1n) is 5.02. The van der Waals surface area contributed by atoms with Gasteiger partial charge in [0.25, 0.3) is 0 Å². The van der Waals surface area contributed by atoms with Gasteiger partial charge in [0.2, 0.25) is 0 Å². The number of carbonyl (C=O) groups excluding carboxylic acids is 1. The third-order valence-electron chi connectivity index (χ3n) is 2.41. The lowest BCUT2D eigenvalue weighted by Crippen LogP contribution is -2.03. The molecule has 1 aromatic heterocycles. The molecule has 0 saturated carbocycles. The van der Waals surface area contributed by atoms with Crippen molar-refractivity contribution in [2.45, 2.75) is 6.42 Å². The minimum absolute atomic E-state index is 0.00439. The molecule has 2 rings (SSSR count). The van der Waals surface area contributed by atoms with Crippen LogP contribution in [0.2, 0.25) is 5.02 Å². The zero-order valence-corrected chi connectivity index (χ0v) is 9.91. The fourth-order valence-corrected chi connectivity index (χ4v) is 1.72. The number of halogens is 2. The van der Waals surface area contributed by atoms with Gasteiger partial charge in [-0.25, -0.2) is 4.39 Å².